The average molecular weight is 504 g/mol. The summed E-state index contributed by atoms with van der Waals surface area (Å²) in [6.07, 6.45) is 4.99. The Morgan fingerprint density at radius 3 is 2.29 bits per heavy atom. The Kier molecular flexibility index (Phi) is 4.73. The summed E-state index contributed by atoms with van der Waals surface area (Å²) < 4.78 is 20.1. The molecule has 3 atom stereocenters. The molecule has 1 saturated heterocycles. The number of benzene rings is 3. The molecular weight excluding hydrogens is 481 g/mol. The van der Waals surface area contributed by atoms with Gasteiger partial charge in [-0.1, -0.05) is 66.2 Å². The molecule has 7 rings (SSSR count). The van der Waals surface area contributed by atoms with Gasteiger partial charge >= 0.3 is 0 Å². The Morgan fingerprint density at radius 2 is 1.63 bits per heavy atom. The highest BCUT2D eigenvalue weighted by atomic mass is 19.1. The van der Waals surface area contributed by atoms with Crippen LogP contribution < -0.4 is 4.90 Å². The largest absolute Gasteiger partial charge is 0.469 e. The van der Waals surface area contributed by atoms with Crippen molar-refractivity contribution in [3.8, 4) is 0 Å². The minimum Gasteiger partial charge on any atom is -0.469 e. The van der Waals surface area contributed by atoms with Crippen molar-refractivity contribution in [2.75, 3.05) is 4.90 Å². The Bertz CT molecular complexity index is 1630. The van der Waals surface area contributed by atoms with Gasteiger partial charge in [-0.3, -0.25) is 14.4 Å². The number of fused-ring (bicyclic) bond motifs is 5. The zero-order valence-electron chi connectivity index (χ0n) is 20.4. The summed E-state index contributed by atoms with van der Waals surface area (Å²) in [4.78, 5) is 45.1. The van der Waals surface area contributed by atoms with Crippen LogP contribution in [0, 0.1) is 18.2 Å². The van der Waals surface area contributed by atoms with Crippen molar-refractivity contribution in [1.29, 1.82) is 0 Å². The summed E-state index contributed by atoms with van der Waals surface area (Å²) in [5, 5.41) is 0. The molecule has 1 spiro atoms. The van der Waals surface area contributed by atoms with Crippen molar-refractivity contribution in [3.05, 3.63) is 131 Å². The smallest absolute Gasteiger partial charge is 0.186 e. The topological polar surface area (TPSA) is 67.6 Å². The van der Waals surface area contributed by atoms with E-state index in [2.05, 4.69) is 0 Å². The molecule has 1 unspecified atom stereocenters. The second-order valence-corrected chi connectivity index (χ2v) is 10.2. The zero-order valence-corrected chi connectivity index (χ0v) is 20.4. The molecule has 3 aromatic carbocycles. The Balaban J connectivity index is 1.53. The number of carbonyl (C=O) groups excluding carboxylic acids is 3. The molecule has 0 N–H and O–H groups in total. The van der Waals surface area contributed by atoms with Crippen molar-refractivity contribution in [2.24, 2.45) is 5.41 Å². The van der Waals surface area contributed by atoms with Crippen LogP contribution in [0.1, 0.15) is 53.9 Å². The first-order chi connectivity index (χ1) is 18.4. The van der Waals surface area contributed by atoms with E-state index in [-0.39, 0.29) is 17.3 Å². The highest BCUT2D eigenvalue weighted by Crippen LogP contribution is 2.61. The molecule has 5 nitrogen and oxygen atoms in total. The maximum Gasteiger partial charge on any atom is 0.186 e. The predicted molar refractivity (Wildman–Crippen MR) is 140 cm³/mol. The molecular formula is C32H22FNO4. The van der Waals surface area contributed by atoms with E-state index in [1.54, 1.807) is 66.7 Å². The van der Waals surface area contributed by atoms with Crippen LogP contribution in [0.5, 0.6) is 0 Å². The Labute approximate surface area is 218 Å². The third-order valence-electron chi connectivity index (χ3n) is 8.22. The molecule has 2 aliphatic heterocycles. The highest BCUT2D eigenvalue weighted by Gasteiger charge is 2.72. The van der Waals surface area contributed by atoms with Gasteiger partial charge in [0.1, 0.15) is 23.0 Å². The van der Waals surface area contributed by atoms with Gasteiger partial charge in [-0.25, -0.2) is 4.39 Å². The van der Waals surface area contributed by atoms with E-state index in [1.807, 2.05) is 24.0 Å². The van der Waals surface area contributed by atoms with E-state index in [4.69, 9.17) is 4.42 Å². The fourth-order valence-electron chi connectivity index (χ4n) is 6.61. The van der Waals surface area contributed by atoms with Gasteiger partial charge in [-0.05, 0) is 37.3 Å². The molecule has 38 heavy (non-hydrogen) atoms. The number of furan rings is 1. The lowest BCUT2D eigenvalue weighted by Gasteiger charge is -2.37. The first-order valence-corrected chi connectivity index (χ1v) is 12.5. The van der Waals surface area contributed by atoms with Crippen molar-refractivity contribution in [2.45, 2.75) is 24.9 Å². The number of anilines is 1. The second-order valence-electron chi connectivity index (χ2n) is 10.2. The van der Waals surface area contributed by atoms with Crippen LogP contribution in [0.4, 0.5) is 10.1 Å². The number of nitrogens with zero attached hydrogens (tertiary/aromatic N) is 1. The molecule has 4 aromatic rings. The number of halogens is 1. The van der Waals surface area contributed by atoms with Crippen LogP contribution in [0.25, 0.3) is 6.08 Å². The normalized spacial score (nSPS) is 22.5. The van der Waals surface area contributed by atoms with Gasteiger partial charge < -0.3 is 9.32 Å². The van der Waals surface area contributed by atoms with Crippen LogP contribution in [0.2, 0.25) is 0 Å². The predicted octanol–water partition coefficient (Wildman–Crippen LogP) is 6.04. The third kappa shape index (κ3) is 2.83. The summed E-state index contributed by atoms with van der Waals surface area (Å²) in [6.45, 7) is 1.94. The summed E-state index contributed by atoms with van der Waals surface area (Å²) in [6, 6.07) is 20.1. The number of hydrogen-bond donors (Lipinski definition) is 0. The molecule has 3 aliphatic rings. The molecule has 0 amide bonds. The molecule has 0 radical (unpaired) electrons. The SMILES string of the molecule is Cc1ccc(C(=O)[C@@H]2[C@@H](c3ccco3)C3(C(=O)c4ccccc4C3=O)C3C=Cc4cc(F)ccc4N32)cc1. The number of aryl methyl sites for hydroxylation is 1. The fourth-order valence-corrected chi connectivity index (χ4v) is 6.61. The lowest BCUT2D eigenvalue weighted by atomic mass is 9.65. The standard InChI is InChI=1S/C32H22FNO4/c1-18-8-10-19(11-9-18)29(35)28-27(25-7-4-16-38-25)32(30(36)22-5-2-3-6-23(22)31(32)37)26-15-12-20-17-21(33)13-14-24(20)34(26)28/h2-17,26-28H,1H3/t26?,27-,28+/m1/s1. The van der Waals surface area contributed by atoms with Gasteiger partial charge in [0.15, 0.2) is 17.3 Å². The number of ketones is 3. The summed E-state index contributed by atoms with van der Waals surface area (Å²) in [7, 11) is 0. The molecule has 1 aliphatic carbocycles. The lowest BCUT2D eigenvalue weighted by Crippen LogP contribution is -2.48. The van der Waals surface area contributed by atoms with Gasteiger partial charge in [-0.15, -0.1) is 0 Å². The van der Waals surface area contributed by atoms with E-state index >= 15 is 0 Å². The van der Waals surface area contributed by atoms with Gasteiger partial charge in [0.05, 0.1) is 18.2 Å². The van der Waals surface area contributed by atoms with E-state index in [1.165, 1.54) is 18.4 Å². The van der Waals surface area contributed by atoms with Crippen molar-refractivity contribution in [3.63, 3.8) is 0 Å². The zero-order chi connectivity index (χ0) is 26.2. The fraction of sp³-hybridized carbons (Fsp3) is 0.156. The van der Waals surface area contributed by atoms with Crippen LogP contribution in [-0.2, 0) is 0 Å². The molecule has 0 bridgehead atoms. The number of hydrogen-bond acceptors (Lipinski definition) is 5. The van der Waals surface area contributed by atoms with E-state index in [9.17, 15) is 18.8 Å². The maximum absolute atomic E-state index is 14.4. The van der Waals surface area contributed by atoms with Crippen molar-refractivity contribution < 1.29 is 23.2 Å². The second kappa shape index (κ2) is 7.96. The summed E-state index contributed by atoms with van der Waals surface area (Å²) in [5.74, 6) is -1.84. The van der Waals surface area contributed by atoms with Crippen LogP contribution in [0.3, 0.4) is 0 Å². The molecule has 3 heterocycles. The van der Waals surface area contributed by atoms with E-state index < -0.39 is 29.2 Å². The van der Waals surface area contributed by atoms with Crippen LogP contribution >= 0.6 is 0 Å². The number of carbonyl (C=O) groups is 3. The first kappa shape index (κ1) is 22.6. The maximum atomic E-state index is 14.4. The number of Topliss-reactive ketones (excluding diaryl/α,β-unsaturated/α-hetero) is 3. The van der Waals surface area contributed by atoms with Crippen molar-refractivity contribution >= 4 is 29.1 Å². The van der Waals surface area contributed by atoms with Gasteiger partial charge in [0.2, 0.25) is 0 Å². The highest BCUT2D eigenvalue weighted by molar-refractivity contribution is 6.32. The van der Waals surface area contributed by atoms with Crippen LogP contribution in [0.15, 0.2) is 95.6 Å². The quantitative estimate of drug-likeness (QED) is 0.252. The van der Waals surface area contributed by atoms with Gasteiger partial charge in [-0.2, -0.15) is 0 Å². The van der Waals surface area contributed by atoms with Crippen LogP contribution in [-0.4, -0.2) is 29.4 Å². The molecule has 6 heteroatoms. The minimum absolute atomic E-state index is 0.240. The lowest BCUT2D eigenvalue weighted by molar-refractivity contribution is 0.0652. The Hall–Kier alpha value is -4.58. The minimum atomic E-state index is -1.63. The first-order valence-electron chi connectivity index (χ1n) is 12.5. The van der Waals surface area contributed by atoms with E-state index in [0.717, 1.165) is 5.56 Å². The summed E-state index contributed by atoms with van der Waals surface area (Å²) in [5.41, 5.74) is 1.69. The average Bonchev–Trinajstić information content (AvgIpc) is 3.62. The molecule has 0 saturated carbocycles. The van der Waals surface area contributed by atoms with Gasteiger partial charge in [0, 0.05) is 27.9 Å². The monoisotopic (exact) mass is 503 g/mol. The Morgan fingerprint density at radius 1 is 0.921 bits per heavy atom. The third-order valence-corrected chi connectivity index (χ3v) is 8.22. The molecule has 1 fully saturated rings. The van der Waals surface area contributed by atoms with Crippen molar-refractivity contribution in [1.82, 2.24) is 0 Å². The summed E-state index contributed by atoms with van der Waals surface area (Å²) >= 11 is 0. The molecule has 1 aromatic heterocycles. The molecule has 186 valence electrons. The van der Waals surface area contributed by atoms with E-state index in [0.29, 0.717) is 33.7 Å². The number of rotatable bonds is 3. The van der Waals surface area contributed by atoms with Gasteiger partial charge in [0.25, 0.3) is 0 Å².